The molecule has 1 heterocycles. The molecule has 0 bridgehead atoms. The first-order chi connectivity index (χ1) is 8.66. The molecular weight excluding hydrogens is 228 g/mol. The summed E-state index contributed by atoms with van der Waals surface area (Å²) in [5, 5.41) is 10.1. The summed E-state index contributed by atoms with van der Waals surface area (Å²) in [5.74, 6) is -0.883. The van der Waals surface area contributed by atoms with Crippen LogP contribution in [0.5, 0.6) is 0 Å². The third kappa shape index (κ3) is 1.61. The lowest BCUT2D eigenvalue weighted by molar-refractivity contribution is 0.0697. The number of aromatic nitrogens is 1. The zero-order chi connectivity index (χ0) is 12.7. The quantitative estimate of drug-likeness (QED) is 0.753. The number of fused-ring (bicyclic) bond motifs is 2. The predicted molar refractivity (Wildman–Crippen MR) is 69.8 cm³/mol. The Hall–Kier alpha value is -2.10. The fourth-order valence-electron chi connectivity index (χ4n) is 2.69. The molecule has 0 radical (unpaired) electrons. The van der Waals surface area contributed by atoms with Gasteiger partial charge in [-0.15, -0.1) is 0 Å². The van der Waals surface area contributed by atoms with Crippen molar-refractivity contribution in [1.82, 2.24) is 4.98 Å². The highest BCUT2D eigenvalue weighted by atomic mass is 16.4. The van der Waals surface area contributed by atoms with Gasteiger partial charge in [0.2, 0.25) is 0 Å². The average Bonchev–Trinajstić information content (AvgIpc) is 2.35. The molecule has 0 fully saturated rings. The number of anilines is 1. The van der Waals surface area contributed by atoms with Crippen LogP contribution in [0.4, 0.5) is 5.69 Å². The largest absolute Gasteiger partial charge is 0.478 e. The lowest BCUT2D eigenvalue weighted by Crippen LogP contribution is -2.13. The molecule has 1 aliphatic rings. The van der Waals surface area contributed by atoms with Crippen molar-refractivity contribution in [2.75, 3.05) is 5.73 Å². The number of carboxylic acids is 1. The van der Waals surface area contributed by atoms with Gasteiger partial charge >= 0.3 is 5.97 Å². The van der Waals surface area contributed by atoms with E-state index in [0.717, 1.165) is 42.5 Å². The van der Waals surface area contributed by atoms with Crippen LogP contribution >= 0.6 is 0 Å². The Labute approximate surface area is 104 Å². The molecule has 3 rings (SSSR count). The molecule has 0 unspecified atom stereocenters. The second-order valence-electron chi connectivity index (χ2n) is 4.70. The summed E-state index contributed by atoms with van der Waals surface area (Å²) in [5.41, 5.74) is 9.27. The van der Waals surface area contributed by atoms with Crippen LogP contribution in [0.2, 0.25) is 0 Å². The van der Waals surface area contributed by atoms with E-state index in [1.54, 1.807) is 18.2 Å². The lowest BCUT2D eigenvalue weighted by Gasteiger charge is -2.18. The molecular formula is C14H14N2O2. The van der Waals surface area contributed by atoms with E-state index in [4.69, 9.17) is 5.73 Å². The summed E-state index contributed by atoms with van der Waals surface area (Å²) in [6.45, 7) is 0. The number of hydrogen-bond donors (Lipinski definition) is 2. The van der Waals surface area contributed by atoms with Crippen LogP contribution in [0.3, 0.4) is 0 Å². The van der Waals surface area contributed by atoms with Gasteiger partial charge in [-0.2, -0.15) is 0 Å². The number of aromatic carboxylic acids is 1. The van der Waals surface area contributed by atoms with Gasteiger partial charge in [0.05, 0.1) is 11.1 Å². The summed E-state index contributed by atoms with van der Waals surface area (Å²) in [6.07, 6.45) is 3.78. The minimum atomic E-state index is -0.883. The molecule has 1 aliphatic carbocycles. The number of rotatable bonds is 1. The third-order valence-electron chi connectivity index (χ3n) is 3.50. The van der Waals surface area contributed by atoms with Gasteiger partial charge in [0.1, 0.15) is 0 Å². The Kier molecular flexibility index (Phi) is 2.44. The smallest absolute Gasteiger partial charge is 0.336 e. The van der Waals surface area contributed by atoms with Crippen molar-refractivity contribution in [1.29, 1.82) is 0 Å². The summed E-state index contributed by atoms with van der Waals surface area (Å²) < 4.78 is 0. The fourth-order valence-corrected chi connectivity index (χ4v) is 2.69. The topological polar surface area (TPSA) is 76.2 Å². The molecule has 4 nitrogen and oxygen atoms in total. The standard InChI is InChI=1S/C14H14N2O2/c15-8-5-6-12-10(7-8)13(14(17)18)9-3-1-2-4-11(9)16-12/h5-7H,1-4,15H2,(H,17,18). The van der Waals surface area contributed by atoms with Gasteiger partial charge in [-0.1, -0.05) is 0 Å². The molecule has 0 amide bonds. The zero-order valence-corrected chi connectivity index (χ0v) is 9.94. The van der Waals surface area contributed by atoms with Crippen molar-refractivity contribution in [3.63, 3.8) is 0 Å². The van der Waals surface area contributed by atoms with Gasteiger partial charge in [0, 0.05) is 16.8 Å². The molecule has 0 atom stereocenters. The van der Waals surface area contributed by atoms with Crippen molar-refractivity contribution in [2.24, 2.45) is 0 Å². The first-order valence-corrected chi connectivity index (χ1v) is 6.11. The molecule has 1 aromatic heterocycles. The summed E-state index contributed by atoms with van der Waals surface area (Å²) in [4.78, 5) is 16.1. The van der Waals surface area contributed by atoms with Gasteiger partial charge < -0.3 is 10.8 Å². The normalized spacial score (nSPS) is 14.4. The molecule has 4 heteroatoms. The number of nitrogens with zero attached hydrogens (tertiary/aromatic N) is 1. The number of benzene rings is 1. The average molecular weight is 242 g/mol. The summed E-state index contributed by atoms with van der Waals surface area (Å²) in [7, 11) is 0. The Morgan fingerprint density at radius 3 is 2.83 bits per heavy atom. The minimum absolute atomic E-state index is 0.391. The maximum Gasteiger partial charge on any atom is 0.336 e. The molecule has 2 aromatic rings. The molecule has 0 aliphatic heterocycles. The van der Waals surface area contributed by atoms with E-state index in [9.17, 15) is 9.90 Å². The van der Waals surface area contributed by atoms with E-state index < -0.39 is 5.97 Å². The highest BCUT2D eigenvalue weighted by Gasteiger charge is 2.22. The van der Waals surface area contributed by atoms with Crippen molar-refractivity contribution in [3.05, 3.63) is 35.0 Å². The van der Waals surface area contributed by atoms with Gasteiger partial charge in [0.15, 0.2) is 0 Å². The fraction of sp³-hybridized carbons (Fsp3) is 0.286. The van der Waals surface area contributed by atoms with E-state index in [-0.39, 0.29) is 0 Å². The van der Waals surface area contributed by atoms with Crippen molar-refractivity contribution in [3.8, 4) is 0 Å². The van der Waals surface area contributed by atoms with Gasteiger partial charge in [0.25, 0.3) is 0 Å². The van der Waals surface area contributed by atoms with E-state index in [1.165, 1.54) is 0 Å². The van der Waals surface area contributed by atoms with Crippen LogP contribution in [-0.4, -0.2) is 16.1 Å². The van der Waals surface area contributed by atoms with E-state index in [2.05, 4.69) is 4.98 Å². The highest BCUT2D eigenvalue weighted by molar-refractivity contribution is 6.05. The second kappa shape index (κ2) is 3.98. The Bertz CT molecular complexity index is 650. The van der Waals surface area contributed by atoms with Crippen LogP contribution in [0.1, 0.15) is 34.5 Å². The molecule has 18 heavy (non-hydrogen) atoms. The maximum absolute atomic E-state index is 11.5. The first-order valence-electron chi connectivity index (χ1n) is 6.11. The number of nitrogen functional groups attached to an aromatic ring is 1. The van der Waals surface area contributed by atoms with Gasteiger partial charge in [-0.3, -0.25) is 4.98 Å². The SMILES string of the molecule is Nc1ccc2nc3c(c(C(=O)O)c2c1)CCCC3. The number of hydrogen-bond acceptors (Lipinski definition) is 3. The van der Waals surface area contributed by atoms with Crippen LogP contribution < -0.4 is 5.73 Å². The summed E-state index contributed by atoms with van der Waals surface area (Å²) in [6, 6.07) is 5.27. The Balaban J connectivity index is 2.41. The third-order valence-corrected chi connectivity index (χ3v) is 3.50. The van der Waals surface area contributed by atoms with Crippen molar-refractivity contribution in [2.45, 2.75) is 25.7 Å². The number of carbonyl (C=O) groups is 1. The van der Waals surface area contributed by atoms with E-state index in [0.29, 0.717) is 16.6 Å². The maximum atomic E-state index is 11.5. The molecule has 0 spiro atoms. The highest BCUT2D eigenvalue weighted by Crippen LogP contribution is 2.30. The molecule has 0 saturated carbocycles. The molecule has 3 N–H and O–H groups in total. The molecule has 0 saturated heterocycles. The first kappa shape index (κ1) is 11.0. The minimum Gasteiger partial charge on any atom is -0.478 e. The van der Waals surface area contributed by atoms with E-state index >= 15 is 0 Å². The number of aryl methyl sites for hydroxylation is 1. The lowest BCUT2D eigenvalue weighted by atomic mass is 9.90. The monoisotopic (exact) mass is 242 g/mol. The second-order valence-corrected chi connectivity index (χ2v) is 4.70. The van der Waals surface area contributed by atoms with Crippen molar-refractivity contribution >= 4 is 22.6 Å². The summed E-state index contributed by atoms with van der Waals surface area (Å²) >= 11 is 0. The zero-order valence-electron chi connectivity index (χ0n) is 9.94. The van der Waals surface area contributed by atoms with Gasteiger partial charge in [-0.25, -0.2) is 4.79 Å². The number of pyridine rings is 1. The Morgan fingerprint density at radius 2 is 2.06 bits per heavy atom. The molecule has 1 aromatic carbocycles. The number of nitrogens with two attached hydrogens (primary N) is 1. The van der Waals surface area contributed by atoms with Crippen molar-refractivity contribution < 1.29 is 9.90 Å². The van der Waals surface area contributed by atoms with Crippen LogP contribution in [-0.2, 0) is 12.8 Å². The predicted octanol–water partition coefficient (Wildman–Crippen LogP) is 2.39. The number of carboxylic acid groups (broad SMARTS) is 1. The van der Waals surface area contributed by atoms with E-state index in [1.807, 2.05) is 0 Å². The molecule has 92 valence electrons. The van der Waals surface area contributed by atoms with Gasteiger partial charge in [-0.05, 0) is 49.4 Å². The Morgan fingerprint density at radius 1 is 1.28 bits per heavy atom. The van der Waals surface area contributed by atoms with Crippen LogP contribution in [0.25, 0.3) is 10.9 Å². The van der Waals surface area contributed by atoms with Crippen LogP contribution in [0.15, 0.2) is 18.2 Å². The van der Waals surface area contributed by atoms with Crippen LogP contribution in [0, 0.1) is 0 Å².